The van der Waals surface area contributed by atoms with Crippen LogP contribution in [0.25, 0.3) is 0 Å². The standard InChI is InChI=1S/C9H9ClFN/c10-8-2-1-6(11)5-7(8)9(12)3-4-9/h1-2,5H,3-4,12H2. The lowest BCUT2D eigenvalue weighted by Crippen LogP contribution is -2.19. The minimum atomic E-state index is -0.348. The van der Waals surface area contributed by atoms with Crippen molar-refractivity contribution < 1.29 is 4.39 Å². The van der Waals surface area contributed by atoms with Gasteiger partial charge in [-0.2, -0.15) is 0 Å². The van der Waals surface area contributed by atoms with Crippen molar-refractivity contribution in [2.75, 3.05) is 0 Å². The Hall–Kier alpha value is -0.600. The highest BCUT2D eigenvalue weighted by Gasteiger charge is 2.41. The topological polar surface area (TPSA) is 26.0 Å². The first-order valence-corrected chi connectivity index (χ1v) is 4.24. The van der Waals surface area contributed by atoms with Crippen LogP contribution in [0.4, 0.5) is 4.39 Å². The SMILES string of the molecule is NC1(c2cc(F)ccc2Cl)CC1. The second-order valence-corrected chi connectivity index (χ2v) is 3.69. The van der Waals surface area contributed by atoms with Crippen molar-refractivity contribution in [3.05, 3.63) is 34.6 Å². The Bertz CT molecular complexity index is 320. The zero-order valence-corrected chi connectivity index (χ0v) is 7.24. The minimum absolute atomic E-state index is 0.272. The van der Waals surface area contributed by atoms with E-state index in [4.69, 9.17) is 17.3 Å². The lowest BCUT2D eigenvalue weighted by atomic mass is 10.1. The predicted octanol–water partition coefficient (Wildman–Crippen LogP) is 2.43. The molecule has 12 heavy (non-hydrogen) atoms. The molecule has 1 fully saturated rings. The van der Waals surface area contributed by atoms with Crippen LogP contribution in [0, 0.1) is 5.82 Å². The predicted molar refractivity (Wildman–Crippen MR) is 46.5 cm³/mol. The molecule has 2 N–H and O–H groups in total. The quantitative estimate of drug-likeness (QED) is 0.715. The highest BCUT2D eigenvalue weighted by Crippen LogP contribution is 2.45. The van der Waals surface area contributed by atoms with Gasteiger partial charge in [0.25, 0.3) is 0 Å². The van der Waals surface area contributed by atoms with Gasteiger partial charge in [0.1, 0.15) is 5.82 Å². The fraction of sp³-hybridized carbons (Fsp3) is 0.333. The van der Waals surface area contributed by atoms with Crippen LogP contribution in [0.3, 0.4) is 0 Å². The van der Waals surface area contributed by atoms with E-state index in [0.717, 1.165) is 18.4 Å². The van der Waals surface area contributed by atoms with Gasteiger partial charge in [0.15, 0.2) is 0 Å². The van der Waals surface area contributed by atoms with Crippen LogP contribution in [0.1, 0.15) is 18.4 Å². The van der Waals surface area contributed by atoms with Gasteiger partial charge in [-0.15, -0.1) is 0 Å². The van der Waals surface area contributed by atoms with E-state index in [-0.39, 0.29) is 11.4 Å². The summed E-state index contributed by atoms with van der Waals surface area (Å²) in [5.41, 5.74) is 6.28. The fourth-order valence-corrected chi connectivity index (χ4v) is 1.59. The van der Waals surface area contributed by atoms with Crippen molar-refractivity contribution in [2.45, 2.75) is 18.4 Å². The van der Waals surface area contributed by atoms with E-state index in [9.17, 15) is 4.39 Å². The molecule has 0 aliphatic heterocycles. The molecule has 0 amide bonds. The average molecular weight is 186 g/mol. The number of halogens is 2. The molecular weight excluding hydrogens is 177 g/mol. The zero-order valence-electron chi connectivity index (χ0n) is 6.48. The van der Waals surface area contributed by atoms with Crippen molar-refractivity contribution in [3.63, 3.8) is 0 Å². The molecule has 1 nitrogen and oxygen atoms in total. The summed E-state index contributed by atoms with van der Waals surface area (Å²) in [5, 5.41) is 0.566. The Morgan fingerprint density at radius 2 is 2.08 bits per heavy atom. The highest BCUT2D eigenvalue weighted by atomic mass is 35.5. The molecule has 0 atom stereocenters. The van der Waals surface area contributed by atoms with Crippen molar-refractivity contribution in [2.24, 2.45) is 5.73 Å². The van der Waals surface area contributed by atoms with Crippen molar-refractivity contribution >= 4 is 11.6 Å². The maximum atomic E-state index is 12.8. The van der Waals surface area contributed by atoms with Crippen LogP contribution >= 0.6 is 11.6 Å². The Kier molecular flexibility index (Phi) is 1.63. The molecule has 1 aliphatic rings. The number of benzene rings is 1. The molecule has 0 aromatic heterocycles. The summed E-state index contributed by atoms with van der Waals surface area (Å²) in [7, 11) is 0. The van der Waals surface area contributed by atoms with Crippen LogP contribution in [0.15, 0.2) is 18.2 Å². The number of hydrogen-bond acceptors (Lipinski definition) is 1. The molecule has 0 heterocycles. The Morgan fingerprint density at radius 3 is 2.67 bits per heavy atom. The summed E-state index contributed by atoms with van der Waals surface area (Å²) < 4.78 is 12.8. The van der Waals surface area contributed by atoms with Crippen LogP contribution in [0.2, 0.25) is 5.02 Å². The van der Waals surface area contributed by atoms with Crippen molar-refractivity contribution in [1.29, 1.82) is 0 Å². The van der Waals surface area contributed by atoms with E-state index in [0.29, 0.717) is 5.02 Å². The zero-order chi connectivity index (χ0) is 8.77. The highest BCUT2D eigenvalue weighted by molar-refractivity contribution is 6.31. The molecular formula is C9H9ClFN. The average Bonchev–Trinajstić information content (AvgIpc) is 2.75. The summed E-state index contributed by atoms with van der Waals surface area (Å²) in [5.74, 6) is -0.272. The van der Waals surface area contributed by atoms with Gasteiger partial charge in [0.2, 0.25) is 0 Å². The third-order valence-electron chi connectivity index (χ3n) is 2.25. The van der Waals surface area contributed by atoms with Crippen LogP contribution < -0.4 is 5.73 Å². The Balaban J connectivity index is 2.48. The van der Waals surface area contributed by atoms with Gasteiger partial charge in [-0.05, 0) is 36.6 Å². The summed E-state index contributed by atoms with van der Waals surface area (Å²) >= 11 is 5.87. The molecule has 0 radical (unpaired) electrons. The molecule has 0 unspecified atom stereocenters. The maximum Gasteiger partial charge on any atom is 0.123 e. The summed E-state index contributed by atoms with van der Waals surface area (Å²) in [6.45, 7) is 0. The van der Waals surface area contributed by atoms with E-state index in [1.54, 1.807) is 6.07 Å². The second kappa shape index (κ2) is 2.44. The molecule has 0 saturated heterocycles. The third kappa shape index (κ3) is 1.21. The van der Waals surface area contributed by atoms with Gasteiger partial charge in [-0.25, -0.2) is 4.39 Å². The minimum Gasteiger partial charge on any atom is -0.321 e. The Labute approximate surface area is 75.3 Å². The number of nitrogens with two attached hydrogens (primary N) is 1. The lowest BCUT2D eigenvalue weighted by Gasteiger charge is -2.10. The van der Waals surface area contributed by atoms with Crippen LogP contribution in [0.5, 0.6) is 0 Å². The van der Waals surface area contributed by atoms with E-state index in [2.05, 4.69) is 0 Å². The van der Waals surface area contributed by atoms with Gasteiger partial charge in [0.05, 0.1) is 0 Å². The molecule has 1 aromatic rings. The van der Waals surface area contributed by atoms with E-state index >= 15 is 0 Å². The van der Waals surface area contributed by atoms with Gasteiger partial charge in [-0.1, -0.05) is 11.6 Å². The molecule has 1 saturated carbocycles. The first-order chi connectivity index (χ1) is 5.62. The fourth-order valence-electron chi connectivity index (χ4n) is 1.28. The molecule has 1 aliphatic carbocycles. The first-order valence-electron chi connectivity index (χ1n) is 3.86. The summed E-state index contributed by atoms with van der Waals surface area (Å²) in [4.78, 5) is 0. The second-order valence-electron chi connectivity index (χ2n) is 3.28. The number of hydrogen-bond donors (Lipinski definition) is 1. The van der Waals surface area contributed by atoms with Crippen LogP contribution in [-0.4, -0.2) is 0 Å². The smallest absolute Gasteiger partial charge is 0.123 e. The molecule has 1 aromatic carbocycles. The first kappa shape index (κ1) is 8.02. The molecule has 64 valence electrons. The summed E-state index contributed by atoms with van der Waals surface area (Å²) in [6, 6.07) is 4.33. The maximum absolute atomic E-state index is 12.8. The van der Waals surface area contributed by atoms with Gasteiger partial charge >= 0.3 is 0 Å². The molecule has 2 rings (SSSR count). The van der Waals surface area contributed by atoms with E-state index in [1.807, 2.05) is 0 Å². The molecule has 0 bridgehead atoms. The number of rotatable bonds is 1. The van der Waals surface area contributed by atoms with Gasteiger partial charge in [0, 0.05) is 10.6 Å². The van der Waals surface area contributed by atoms with E-state index < -0.39 is 0 Å². The molecule has 3 heteroatoms. The Morgan fingerprint density at radius 1 is 1.42 bits per heavy atom. The van der Waals surface area contributed by atoms with Gasteiger partial charge < -0.3 is 5.73 Å². The normalized spacial score (nSPS) is 19.2. The van der Waals surface area contributed by atoms with Crippen molar-refractivity contribution in [3.8, 4) is 0 Å². The van der Waals surface area contributed by atoms with E-state index in [1.165, 1.54) is 12.1 Å². The lowest BCUT2D eigenvalue weighted by molar-refractivity contribution is 0.618. The van der Waals surface area contributed by atoms with Crippen LogP contribution in [-0.2, 0) is 5.54 Å². The summed E-state index contributed by atoms with van der Waals surface area (Å²) in [6.07, 6.45) is 1.80. The monoisotopic (exact) mass is 185 g/mol. The molecule has 0 spiro atoms. The van der Waals surface area contributed by atoms with Gasteiger partial charge in [-0.3, -0.25) is 0 Å². The van der Waals surface area contributed by atoms with Crippen molar-refractivity contribution in [1.82, 2.24) is 0 Å². The third-order valence-corrected chi connectivity index (χ3v) is 2.58. The largest absolute Gasteiger partial charge is 0.321 e.